The lowest BCUT2D eigenvalue weighted by Gasteiger charge is -2.22. The zero-order chi connectivity index (χ0) is 13.6. The van der Waals surface area contributed by atoms with E-state index < -0.39 is 11.7 Å². The average Bonchev–Trinajstić information content (AvgIpc) is 2.92. The van der Waals surface area contributed by atoms with Crippen LogP contribution in [0.25, 0.3) is 5.52 Å². The lowest BCUT2D eigenvalue weighted by molar-refractivity contribution is 0.0360. The normalized spacial score (nSPS) is 14.2. The highest BCUT2D eigenvalue weighted by molar-refractivity contribution is 5.66. The Kier molecular flexibility index (Phi) is 2.41. The van der Waals surface area contributed by atoms with Crippen molar-refractivity contribution in [3.8, 4) is 5.75 Å². The fourth-order valence-corrected chi connectivity index (χ4v) is 2.45. The number of aromatic nitrogens is 2. The summed E-state index contributed by atoms with van der Waals surface area (Å²) in [5.74, 6) is 1.47. The third-order valence-corrected chi connectivity index (χ3v) is 3.26. The smallest absolute Gasteiger partial charge is 0.405 e. The Morgan fingerprint density at radius 1 is 1.58 bits per heavy atom. The van der Waals surface area contributed by atoms with Gasteiger partial charge in [0.1, 0.15) is 11.3 Å². The highest BCUT2D eigenvalue weighted by Gasteiger charge is 2.30. The molecule has 6 heteroatoms. The molecule has 0 aliphatic carbocycles. The van der Waals surface area contributed by atoms with Crippen LogP contribution in [-0.2, 0) is 16.8 Å². The zero-order valence-corrected chi connectivity index (χ0v) is 10.8. The van der Waals surface area contributed by atoms with Gasteiger partial charge in [-0.05, 0) is 19.9 Å². The molecule has 1 aliphatic heterocycles. The predicted molar refractivity (Wildman–Crippen MR) is 68.1 cm³/mol. The van der Waals surface area contributed by atoms with E-state index in [4.69, 9.17) is 15.2 Å². The molecule has 3 rings (SSSR count). The number of pyridine rings is 1. The Hall–Kier alpha value is -2.24. The van der Waals surface area contributed by atoms with Gasteiger partial charge in [-0.3, -0.25) is 4.40 Å². The third kappa shape index (κ3) is 1.80. The van der Waals surface area contributed by atoms with Crippen molar-refractivity contribution in [2.24, 2.45) is 5.73 Å². The number of fused-ring (bicyclic) bond motifs is 3. The van der Waals surface area contributed by atoms with Gasteiger partial charge in [0, 0.05) is 18.2 Å². The number of hydrogen-bond donors (Lipinski definition) is 1. The van der Waals surface area contributed by atoms with E-state index in [1.807, 2.05) is 16.7 Å². The summed E-state index contributed by atoms with van der Waals surface area (Å²) in [5.41, 5.74) is 6.25. The van der Waals surface area contributed by atoms with E-state index in [0.717, 1.165) is 17.7 Å². The first-order valence-corrected chi connectivity index (χ1v) is 6.10. The van der Waals surface area contributed by atoms with Crippen LogP contribution in [0.2, 0.25) is 0 Å². The molecule has 0 saturated heterocycles. The Labute approximate surface area is 110 Å². The van der Waals surface area contributed by atoms with Gasteiger partial charge in [-0.25, -0.2) is 9.78 Å². The molecule has 0 radical (unpaired) electrons. The van der Waals surface area contributed by atoms with Crippen molar-refractivity contribution in [2.45, 2.75) is 25.9 Å². The van der Waals surface area contributed by atoms with Gasteiger partial charge >= 0.3 is 6.09 Å². The van der Waals surface area contributed by atoms with E-state index in [9.17, 15) is 4.79 Å². The maximum Gasteiger partial charge on any atom is 0.405 e. The molecule has 0 saturated carbocycles. The van der Waals surface area contributed by atoms with Gasteiger partial charge in [-0.1, -0.05) is 0 Å². The molecular formula is C13H15N3O3. The molecule has 100 valence electrons. The topological polar surface area (TPSA) is 78.9 Å². The fraction of sp³-hybridized carbons (Fsp3) is 0.385. The second kappa shape index (κ2) is 3.88. The minimum absolute atomic E-state index is 0.611. The Bertz CT molecular complexity index is 660. The molecule has 2 aromatic rings. The molecule has 2 aromatic heterocycles. The maximum absolute atomic E-state index is 11.0. The monoisotopic (exact) mass is 261 g/mol. The molecule has 19 heavy (non-hydrogen) atoms. The SMILES string of the molecule is CC(C)(OC(N)=O)c1ncc2c3c(ccn12)CCO3. The molecule has 0 fully saturated rings. The van der Waals surface area contributed by atoms with Crippen molar-refractivity contribution in [1.29, 1.82) is 0 Å². The van der Waals surface area contributed by atoms with Crippen molar-refractivity contribution in [2.75, 3.05) is 6.61 Å². The van der Waals surface area contributed by atoms with Crippen LogP contribution in [0.3, 0.4) is 0 Å². The van der Waals surface area contributed by atoms with Crippen LogP contribution in [0.4, 0.5) is 4.79 Å². The second-order valence-corrected chi connectivity index (χ2v) is 5.04. The van der Waals surface area contributed by atoms with Crippen LogP contribution in [0, 0.1) is 0 Å². The van der Waals surface area contributed by atoms with Gasteiger partial charge in [0.15, 0.2) is 11.4 Å². The van der Waals surface area contributed by atoms with Crippen molar-refractivity contribution in [1.82, 2.24) is 9.38 Å². The van der Waals surface area contributed by atoms with E-state index in [2.05, 4.69) is 4.98 Å². The van der Waals surface area contributed by atoms with Crippen LogP contribution < -0.4 is 10.5 Å². The summed E-state index contributed by atoms with van der Waals surface area (Å²) in [6, 6.07) is 2.00. The lowest BCUT2D eigenvalue weighted by Crippen LogP contribution is -2.30. The van der Waals surface area contributed by atoms with E-state index in [1.165, 1.54) is 5.56 Å². The highest BCUT2D eigenvalue weighted by atomic mass is 16.6. The number of amides is 1. The van der Waals surface area contributed by atoms with Gasteiger partial charge in [0.2, 0.25) is 0 Å². The van der Waals surface area contributed by atoms with Crippen molar-refractivity contribution in [3.63, 3.8) is 0 Å². The molecular weight excluding hydrogens is 246 g/mol. The van der Waals surface area contributed by atoms with Gasteiger partial charge in [-0.15, -0.1) is 0 Å². The van der Waals surface area contributed by atoms with E-state index >= 15 is 0 Å². The summed E-state index contributed by atoms with van der Waals surface area (Å²) in [7, 11) is 0. The summed E-state index contributed by atoms with van der Waals surface area (Å²) in [4.78, 5) is 15.3. The number of nitrogens with zero attached hydrogens (tertiary/aromatic N) is 2. The standard InChI is InChI=1S/C13H15N3O3/c1-13(2,19-12(14)17)11-15-7-9-10-8(4-6-18-10)3-5-16(9)11/h3,5,7H,4,6H2,1-2H3,(H2,14,17). The summed E-state index contributed by atoms with van der Waals surface area (Å²) < 4.78 is 12.6. The number of primary amides is 1. The molecule has 2 N–H and O–H groups in total. The molecule has 3 heterocycles. The Balaban J connectivity index is 2.14. The van der Waals surface area contributed by atoms with E-state index in [0.29, 0.717) is 12.4 Å². The lowest BCUT2D eigenvalue weighted by atomic mass is 10.1. The highest BCUT2D eigenvalue weighted by Crippen LogP contribution is 2.33. The first-order chi connectivity index (χ1) is 8.99. The number of hydrogen-bond acceptors (Lipinski definition) is 4. The van der Waals surface area contributed by atoms with Crippen molar-refractivity contribution >= 4 is 11.6 Å². The molecule has 0 aromatic carbocycles. The zero-order valence-electron chi connectivity index (χ0n) is 10.8. The number of ether oxygens (including phenoxy) is 2. The van der Waals surface area contributed by atoms with Crippen LogP contribution in [0.5, 0.6) is 5.75 Å². The molecule has 6 nitrogen and oxygen atoms in total. The van der Waals surface area contributed by atoms with Gasteiger partial charge in [-0.2, -0.15) is 0 Å². The van der Waals surface area contributed by atoms with Crippen LogP contribution in [0.1, 0.15) is 25.2 Å². The van der Waals surface area contributed by atoms with E-state index in [1.54, 1.807) is 20.0 Å². The van der Waals surface area contributed by atoms with Crippen LogP contribution in [0.15, 0.2) is 18.5 Å². The Morgan fingerprint density at radius 2 is 2.37 bits per heavy atom. The molecule has 0 bridgehead atoms. The van der Waals surface area contributed by atoms with Crippen LogP contribution >= 0.6 is 0 Å². The number of imidazole rings is 1. The first kappa shape index (κ1) is 11.8. The second-order valence-electron chi connectivity index (χ2n) is 5.04. The van der Waals surface area contributed by atoms with Crippen molar-refractivity contribution < 1.29 is 14.3 Å². The molecule has 0 unspecified atom stereocenters. The maximum atomic E-state index is 11.0. The number of carbonyl (C=O) groups is 1. The third-order valence-electron chi connectivity index (χ3n) is 3.26. The summed E-state index contributed by atoms with van der Waals surface area (Å²) in [6.45, 7) is 4.19. The average molecular weight is 261 g/mol. The molecule has 1 amide bonds. The van der Waals surface area contributed by atoms with Gasteiger partial charge in [0.25, 0.3) is 0 Å². The van der Waals surface area contributed by atoms with E-state index in [-0.39, 0.29) is 0 Å². The number of nitrogens with two attached hydrogens (primary N) is 1. The Morgan fingerprint density at radius 3 is 3.11 bits per heavy atom. The van der Waals surface area contributed by atoms with Gasteiger partial charge in [0.05, 0.1) is 12.8 Å². The molecule has 0 atom stereocenters. The largest absolute Gasteiger partial charge is 0.491 e. The summed E-state index contributed by atoms with van der Waals surface area (Å²) >= 11 is 0. The minimum atomic E-state index is -0.898. The molecule has 0 spiro atoms. The number of carbonyl (C=O) groups excluding carboxylic acids is 1. The van der Waals surface area contributed by atoms with Crippen molar-refractivity contribution in [3.05, 3.63) is 29.8 Å². The predicted octanol–water partition coefficient (Wildman–Crippen LogP) is 1.60. The first-order valence-electron chi connectivity index (χ1n) is 6.10. The quantitative estimate of drug-likeness (QED) is 0.890. The van der Waals surface area contributed by atoms with Gasteiger partial charge < -0.3 is 15.2 Å². The van der Waals surface area contributed by atoms with Crippen LogP contribution in [-0.4, -0.2) is 22.1 Å². The number of rotatable bonds is 2. The fourth-order valence-electron chi connectivity index (χ4n) is 2.45. The minimum Gasteiger partial charge on any atom is -0.491 e. The molecule has 1 aliphatic rings. The summed E-state index contributed by atoms with van der Waals surface area (Å²) in [5, 5.41) is 0. The summed E-state index contributed by atoms with van der Waals surface area (Å²) in [6.07, 6.45) is 3.73.